The van der Waals surface area contributed by atoms with E-state index in [0.29, 0.717) is 43.1 Å². The highest BCUT2D eigenvalue weighted by atomic mass is 35.5. The predicted molar refractivity (Wildman–Crippen MR) is 107 cm³/mol. The van der Waals surface area contributed by atoms with Crippen molar-refractivity contribution in [3.63, 3.8) is 0 Å². The van der Waals surface area contributed by atoms with E-state index in [1.54, 1.807) is 30.3 Å². The van der Waals surface area contributed by atoms with Crippen molar-refractivity contribution in [2.24, 2.45) is 0 Å². The second-order valence-corrected chi connectivity index (χ2v) is 7.03. The second-order valence-electron chi connectivity index (χ2n) is 6.59. The summed E-state index contributed by atoms with van der Waals surface area (Å²) in [6, 6.07) is 14.4. The molecular weight excluding hydrogens is 348 g/mol. The van der Waals surface area contributed by atoms with Gasteiger partial charge in [-0.3, -0.25) is 9.59 Å². The fourth-order valence-corrected chi connectivity index (χ4v) is 3.70. The van der Waals surface area contributed by atoms with E-state index in [1.807, 2.05) is 25.1 Å². The SMILES string of the molecule is Cc1ccc2[nH]c3cc4c(=O)c5cc(Cl)ccc5[nH]c4cc3c(=O)c2c1. The van der Waals surface area contributed by atoms with Crippen molar-refractivity contribution in [3.05, 3.63) is 79.6 Å². The number of aromatic amines is 2. The van der Waals surface area contributed by atoms with Crippen molar-refractivity contribution in [3.8, 4) is 0 Å². The molecule has 2 N–H and O–H groups in total. The average molecular weight is 361 g/mol. The molecule has 5 aromatic rings. The Morgan fingerprint density at radius 1 is 0.654 bits per heavy atom. The van der Waals surface area contributed by atoms with Crippen LogP contribution in [0.3, 0.4) is 0 Å². The molecule has 5 heteroatoms. The first kappa shape index (κ1) is 15.2. The maximum atomic E-state index is 12.9. The topological polar surface area (TPSA) is 65.7 Å². The smallest absolute Gasteiger partial charge is 0.197 e. The van der Waals surface area contributed by atoms with Gasteiger partial charge in [0.15, 0.2) is 10.9 Å². The molecule has 2 heterocycles. The highest BCUT2D eigenvalue weighted by Crippen LogP contribution is 2.23. The molecule has 0 saturated carbocycles. The molecule has 0 atom stereocenters. The molecule has 0 bridgehead atoms. The number of fused-ring (bicyclic) bond motifs is 4. The Kier molecular flexibility index (Phi) is 3.03. The summed E-state index contributed by atoms with van der Waals surface area (Å²) in [6.45, 7) is 1.96. The summed E-state index contributed by atoms with van der Waals surface area (Å²) in [6.07, 6.45) is 0. The predicted octanol–water partition coefficient (Wildman–Crippen LogP) is 4.64. The zero-order valence-electron chi connectivity index (χ0n) is 13.8. The van der Waals surface area contributed by atoms with Crippen molar-refractivity contribution >= 4 is 55.2 Å². The zero-order valence-corrected chi connectivity index (χ0v) is 14.6. The van der Waals surface area contributed by atoms with E-state index in [2.05, 4.69) is 9.97 Å². The van der Waals surface area contributed by atoms with Crippen LogP contribution in [0.4, 0.5) is 0 Å². The highest BCUT2D eigenvalue weighted by Gasteiger charge is 2.11. The van der Waals surface area contributed by atoms with Crippen LogP contribution in [0.15, 0.2) is 58.1 Å². The molecule has 0 spiro atoms. The highest BCUT2D eigenvalue weighted by molar-refractivity contribution is 6.31. The number of hydrogen-bond donors (Lipinski definition) is 2. The van der Waals surface area contributed by atoms with Gasteiger partial charge in [0, 0.05) is 37.6 Å². The van der Waals surface area contributed by atoms with Crippen molar-refractivity contribution in [2.45, 2.75) is 6.92 Å². The lowest BCUT2D eigenvalue weighted by Crippen LogP contribution is -2.08. The molecule has 0 saturated heterocycles. The van der Waals surface area contributed by atoms with Crippen LogP contribution in [0.1, 0.15) is 5.56 Å². The van der Waals surface area contributed by atoms with Crippen molar-refractivity contribution in [2.75, 3.05) is 0 Å². The van der Waals surface area contributed by atoms with Crippen LogP contribution >= 0.6 is 11.6 Å². The van der Waals surface area contributed by atoms with Crippen LogP contribution in [0.5, 0.6) is 0 Å². The molecule has 0 aliphatic rings. The van der Waals surface area contributed by atoms with Gasteiger partial charge in [-0.1, -0.05) is 23.2 Å². The summed E-state index contributed by atoms with van der Waals surface area (Å²) < 4.78 is 0. The number of nitrogens with one attached hydrogen (secondary N) is 2. The van der Waals surface area contributed by atoms with Gasteiger partial charge in [-0.05, 0) is 49.4 Å². The molecule has 5 rings (SSSR count). The third kappa shape index (κ3) is 2.09. The van der Waals surface area contributed by atoms with E-state index in [-0.39, 0.29) is 10.9 Å². The lowest BCUT2D eigenvalue weighted by molar-refractivity contribution is 1.43. The Morgan fingerprint density at radius 2 is 1.15 bits per heavy atom. The minimum Gasteiger partial charge on any atom is -0.354 e. The summed E-state index contributed by atoms with van der Waals surface area (Å²) in [5.74, 6) is 0. The first-order valence-electron chi connectivity index (χ1n) is 8.23. The van der Waals surface area contributed by atoms with E-state index in [1.165, 1.54) is 0 Å². The molecule has 0 unspecified atom stereocenters. The molecule has 0 fully saturated rings. The molecule has 3 aromatic carbocycles. The zero-order chi connectivity index (χ0) is 18.0. The summed E-state index contributed by atoms with van der Waals surface area (Å²) in [7, 11) is 0. The maximum Gasteiger partial charge on any atom is 0.197 e. The monoisotopic (exact) mass is 360 g/mol. The molecule has 0 aliphatic carbocycles. The Bertz CT molecular complexity index is 1380. The van der Waals surface area contributed by atoms with Crippen molar-refractivity contribution in [1.82, 2.24) is 9.97 Å². The van der Waals surface area contributed by atoms with E-state index in [0.717, 1.165) is 11.1 Å². The average Bonchev–Trinajstić information content (AvgIpc) is 2.63. The number of aryl methyl sites for hydroxylation is 1. The second kappa shape index (κ2) is 5.19. The summed E-state index contributed by atoms with van der Waals surface area (Å²) in [5.41, 5.74) is 3.60. The van der Waals surface area contributed by atoms with Gasteiger partial charge in [-0.2, -0.15) is 0 Å². The lowest BCUT2D eigenvalue weighted by Gasteiger charge is -2.07. The van der Waals surface area contributed by atoms with E-state index >= 15 is 0 Å². The molecule has 0 aliphatic heterocycles. The van der Waals surface area contributed by atoms with Crippen LogP contribution in [0.2, 0.25) is 5.02 Å². The normalized spacial score (nSPS) is 11.8. The number of aromatic nitrogens is 2. The number of hydrogen-bond acceptors (Lipinski definition) is 2. The summed E-state index contributed by atoms with van der Waals surface area (Å²) in [5, 5.41) is 2.77. The van der Waals surface area contributed by atoms with E-state index < -0.39 is 0 Å². The van der Waals surface area contributed by atoms with Gasteiger partial charge in [0.2, 0.25) is 0 Å². The third-order valence-electron chi connectivity index (χ3n) is 4.83. The lowest BCUT2D eigenvalue weighted by atomic mass is 10.0. The van der Waals surface area contributed by atoms with Gasteiger partial charge in [0.25, 0.3) is 0 Å². The van der Waals surface area contributed by atoms with Gasteiger partial charge >= 0.3 is 0 Å². The third-order valence-corrected chi connectivity index (χ3v) is 5.07. The number of pyridine rings is 2. The van der Waals surface area contributed by atoms with Crippen LogP contribution in [0.25, 0.3) is 43.6 Å². The molecule has 2 aromatic heterocycles. The van der Waals surface area contributed by atoms with Crippen LogP contribution in [-0.2, 0) is 0 Å². The molecular formula is C21H13ClN2O2. The van der Waals surface area contributed by atoms with Gasteiger partial charge in [0.1, 0.15) is 0 Å². The van der Waals surface area contributed by atoms with Crippen LogP contribution in [-0.4, -0.2) is 9.97 Å². The van der Waals surface area contributed by atoms with Gasteiger partial charge in [-0.15, -0.1) is 0 Å². The van der Waals surface area contributed by atoms with Gasteiger partial charge in [-0.25, -0.2) is 0 Å². The number of rotatable bonds is 0. The number of halogens is 1. The number of benzene rings is 3. The first-order chi connectivity index (χ1) is 12.5. The fourth-order valence-electron chi connectivity index (χ4n) is 3.53. The van der Waals surface area contributed by atoms with Crippen molar-refractivity contribution in [1.29, 1.82) is 0 Å². The van der Waals surface area contributed by atoms with E-state index in [4.69, 9.17) is 11.6 Å². The molecule has 0 radical (unpaired) electrons. The standard InChI is InChI=1S/C21H13ClN2O2/c1-10-2-4-16-12(6-10)20(25)14-8-19-15(9-18(14)23-16)21(26)13-7-11(22)3-5-17(13)24-19/h2-9H,1H3,(H,23,25)(H,24,26). The van der Waals surface area contributed by atoms with Crippen LogP contribution in [0, 0.1) is 6.92 Å². The van der Waals surface area contributed by atoms with Gasteiger partial charge < -0.3 is 9.97 Å². The largest absolute Gasteiger partial charge is 0.354 e. The van der Waals surface area contributed by atoms with Gasteiger partial charge in [0.05, 0.1) is 11.0 Å². The molecule has 126 valence electrons. The van der Waals surface area contributed by atoms with Crippen LogP contribution < -0.4 is 10.9 Å². The van der Waals surface area contributed by atoms with Crippen molar-refractivity contribution < 1.29 is 0 Å². The minimum absolute atomic E-state index is 0.0450. The first-order valence-corrected chi connectivity index (χ1v) is 8.61. The Hall–Kier alpha value is -3.11. The summed E-state index contributed by atoms with van der Waals surface area (Å²) >= 11 is 6.04. The van der Waals surface area contributed by atoms with E-state index in [9.17, 15) is 9.59 Å². The maximum absolute atomic E-state index is 12.9. The Balaban J connectivity index is 2.00. The molecule has 4 nitrogen and oxygen atoms in total. The summed E-state index contributed by atoms with van der Waals surface area (Å²) in [4.78, 5) is 32.4. The fraction of sp³-hybridized carbons (Fsp3) is 0.0476. The Labute approximate surface area is 152 Å². The minimum atomic E-state index is -0.108. The Morgan fingerprint density at radius 3 is 1.77 bits per heavy atom. The quantitative estimate of drug-likeness (QED) is 0.395. The number of H-pyrrole nitrogens is 2. The molecule has 0 amide bonds. The molecule has 26 heavy (non-hydrogen) atoms.